The number of nitrogens with two attached hydrogens (primary N) is 1. The highest BCUT2D eigenvalue weighted by atomic mass is 16.6. The molecular formula is C10H20N2O4. The quantitative estimate of drug-likeness (QED) is 0.339. The molecule has 0 unspecified atom stereocenters. The normalized spacial score (nSPS) is 10.8. The minimum absolute atomic E-state index is 0.229. The van der Waals surface area contributed by atoms with Crippen molar-refractivity contribution < 1.29 is 19.1 Å². The molecule has 0 heterocycles. The Labute approximate surface area is 95.6 Å². The average Bonchev–Trinajstić information content (AvgIpc) is 2.14. The van der Waals surface area contributed by atoms with E-state index in [2.05, 4.69) is 4.74 Å². The number of amides is 1. The zero-order chi connectivity index (χ0) is 12.8. The van der Waals surface area contributed by atoms with Crippen LogP contribution in [0.1, 0.15) is 33.6 Å². The predicted molar refractivity (Wildman–Crippen MR) is 58.4 cm³/mol. The van der Waals surface area contributed by atoms with Crippen molar-refractivity contribution in [3.05, 3.63) is 0 Å². The third-order valence-corrected chi connectivity index (χ3v) is 1.64. The van der Waals surface area contributed by atoms with Crippen molar-refractivity contribution in [2.75, 3.05) is 13.7 Å². The number of methoxy groups -OCH3 is 1. The molecule has 0 aromatic carbocycles. The standard InChI is InChI=1S/C10H20N2O4/c1-10(2,3)16-9(14)12(11)7-5-6-8(13)15-4/h5-7,11H2,1-4H3. The summed E-state index contributed by atoms with van der Waals surface area (Å²) in [4.78, 5) is 22.2. The number of hydrazine groups is 1. The fourth-order valence-corrected chi connectivity index (χ4v) is 0.908. The first-order valence-electron chi connectivity index (χ1n) is 5.08. The smallest absolute Gasteiger partial charge is 0.424 e. The molecular weight excluding hydrogens is 212 g/mol. The van der Waals surface area contributed by atoms with Gasteiger partial charge in [0.2, 0.25) is 0 Å². The molecule has 0 radical (unpaired) electrons. The van der Waals surface area contributed by atoms with Gasteiger partial charge in [0.25, 0.3) is 0 Å². The molecule has 0 aromatic rings. The number of hydrogen-bond acceptors (Lipinski definition) is 5. The zero-order valence-corrected chi connectivity index (χ0v) is 10.3. The van der Waals surface area contributed by atoms with Crippen LogP contribution in [0.2, 0.25) is 0 Å². The molecule has 0 spiro atoms. The van der Waals surface area contributed by atoms with Gasteiger partial charge in [0.15, 0.2) is 0 Å². The van der Waals surface area contributed by atoms with Gasteiger partial charge < -0.3 is 9.47 Å². The van der Waals surface area contributed by atoms with Gasteiger partial charge >= 0.3 is 12.1 Å². The van der Waals surface area contributed by atoms with E-state index in [9.17, 15) is 9.59 Å². The summed E-state index contributed by atoms with van der Waals surface area (Å²) in [6.07, 6.45) is 0.0763. The van der Waals surface area contributed by atoms with Crippen molar-refractivity contribution in [2.45, 2.75) is 39.2 Å². The Balaban J connectivity index is 3.84. The van der Waals surface area contributed by atoms with E-state index < -0.39 is 11.7 Å². The average molecular weight is 232 g/mol. The first kappa shape index (κ1) is 14.7. The highest BCUT2D eigenvalue weighted by Crippen LogP contribution is 2.08. The van der Waals surface area contributed by atoms with E-state index in [1.807, 2.05) is 0 Å². The van der Waals surface area contributed by atoms with Gasteiger partial charge in [0.05, 0.1) is 7.11 Å². The van der Waals surface area contributed by atoms with Gasteiger partial charge in [-0.05, 0) is 27.2 Å². The molecule has 0 atom stereocenters. The lowest BCUT2D eigenvalue weighted by molar-refractivity contribution is -0.140. The summed E-state index contributed by atoms with van der Waals surface area (Å²) in [6.45, 7) is 5.53. The minimum atomic E-state index is -0.600. The first-order valence-corrected chi connectivity index (χ1v) is 5.08. The van der Waals surface area contributed by atoms with E-state index in [4.69, 9.17) is 10.6 Å². The second kappa shape index (κ2) is 6.32. The highest BCUT2D eigenvalue weighted by Gasteiger charge is 2.19. The molecule has 0 saturated carbocycles. The Morgan fingerprint density at radius 1 is 1.31 bits per heavy atom. The van der Waals surface area contributed by atoms with Crippen LogP contribution in [0.5, 0.6) is 0 Å². The van der Waals surface area contributed by atoms with Gasteiger partial charge in [0.1, 0.15) is 5.60 Å². The molecule has 16 heavy (non-hydrogen) atoms. The molecule has 0 bridgehead atoms. The third kappa shape index (κ3) is 7.05. The monoisotopic (exact) mass is 232 g/mol. The molecule has 0 aliphatic carbocycles. The molecule has 0 aliphatic heterocycles. The zero-order valence-electron chi connectivity index (χ0n) is 10.3. The van der Waals surface area contributed by atoms with E-state index in [1.165, 1.54) is 7.11 Å². The summed E-state index contributed by atoms with van der Waals surface area (Å²) in [5, 5.41) is 0.953. The Bertz CT molecular complexity index is 248. The summed E-state index contributed by atoms with van der Waals surface area (Å²) in [6, 6.07) is 0. The first-order chi connectivity index (χ1) is 7.26. The lowest BCUT2D eigenvalue weighted by atomic mass is 10.2. The van der Waals surface area contributed by atoms with E-state index in [0.717, 1.165) is 5.01 Å². The largest absolute Gasteiger partial charge is 0.469 e. The topological polar surface area (TPSA) is 81.9 Å². The molecule has 0 saturated heterocycles. The Kier molecular flexibility index (Phi) is 5.81. The number of carbonyl (C=O) groups excluding carboxylic acids is 2. The van der Waals surface area contributed by atoms with Gasteiger partial charge in [-0.2, -0.15) is 0 Å². The van der Waals surface area contributed by atoms with Crippen molar-refractivity contribution in [1.82, 2.24) is 5.01 Å². The van der Waals surface area contributed by atoms with Gasteiger partial charge in [-0.15, -0.1) is 0 Å². The summed E-state index contributed by atoms with van der Waals surface area (Å²) in [7, 11) is 1.32. The number of nitrogens with zero attached hydrogens (tertiary/aromatic N) is 1. The molecule has 0 rings (SSSR count). The predicted octanol–water partition coefficient (Wildman–Crippen LogP) is 1.05. The Hall–Kier alpha value is -1.30. The number of rotatable bonds is 4. The fourth-order valence-electron chi connectivity index (χ4n) is 0.908. The molecule has 1 amide bonds. The summed E-state index contributed by atoms with van der Waals surface area (Å²) in [5.74, 6) is 5.14. The van der Waals surface area contributed by atoms with Crippen molar-refractivity contribution >= 4 is 12.1 Å². The number of carbonyl (C=O) groups is 2. The van der Waals surface area contributed by atoms with Crippen molar-refractivity contribution in [1.29, 1.82) is 0 Å². The van der Waals surface area contributed by atoms with Crippen LogP contribution in [0.15, 0.2) is 0 Å². The van der Waals surface area contributed by atoms with Crippen molar-refractivity contribution in [3.63, 3.8) is 0 Å². The van der Waals surface area contributed by atoms with Crippen molar-refractivity contribution in [2.24, 2.45) is 5.84 Å². The van der Waals surface area contributed by atoms with Gasteiger partial charge in [-0.1, -0.05) is 0 Å². The lowest BCUT2D eigenvalue weighted by Gasteiger charge is -2.24. The molecule has 6 heteroatoms. The van der Waals surface area contributed by atoms with Crippen molar-refractivity contribution in [3.8, 4) is 0 Å². The van der Waals surface area contributed by atoms with E-state index in [0.29, 0.717) is 6.42 Å². The molecule has 0 fully saturated rings. The van der Waals surface area contributed by atoms with Gasteiger partial charge in [0, 0.05) is 13.0 Å². The molecule has 2 N–H and O–H groups in total. The van der Waals surface area contributed by atoms with Crippen LogP contribution in [0.25, 0.3) is 0 Å². The molecule has 94 valence electrons. The molecule has 0 aliphatic rings. The summed E-state index contributed by atoms with van der Waals surface area (Å²) >= 11 is 0. The number of ether oxygens (including phenoxy) is 2. The van der Waals surface area contributed by atoms with E-state index in [-0.39, 0.29) is 18.9 Å². The van der Waals surface area contributed by atoms with Gasteiger partial charge in [-0.25, -0.2) is 15.6 Å². The maximum atomic E-state index is 11.4. The fraction of sp³-hybridized carbons (Fsp3) is 0.800. The highest BCUT2D eigenvalue weighted by molar-refractivity contribution is 5.69. The maximum absolute atomic E-state index is 11.4. The number of esters is 1. The second-order valence-electron chi connectivity index (χ2n) is 4.35. The Morgan fingerprint density at radius 2 is 1.88 bits per heavy atom. The van der Waals surface area contributed by atoms with Crippen LogP contribution in [0.3, 0.4) is 0 Å². The van der Waals surface area contributed by atoms with Crippen LogP contribution in [-0.2, 0) is 14.3 Å². The van der Waals surface area contributed by atoms with Crippen LogP contribution in [0, 0.1) is 0 Å². The third-order valence-electron chi connectivity index (χ3n) is 1.64. The summed E-state index contributed by atoms with van der Waals surface area (Å²) < 4.78 is 9.49. The van der Waals surface area contributed by atoms with Crippen LogP contribution >= 0.6 is 0 Å². The summed E-state index contributed by atoms with van der Waals surface area (Å²) in [5.41, 5.74) is -0.572. The second-order valence-corrected chi connectivity index (χ2v) is 4.35. The van der Waals surface area contributed by atoms with Crippen LogP contribution < -0.4 is 5.84 Å². The maximum Gasteiger partial charge on any atom is 0.424 e. The van der Waals surface area contributed by atoms with E-state index >= 15 is 0 Å². The van der Waals surface area contributed by atoms with Gasteiger partial charge in [-0.3, -0.25) is 4.79 Å². The molecule has 0 aromatic heterocycles. The van der Waals surface area contributed by atoms with E-state index in [1.54, 1.807) is 20.8 Å². The Morgan fingerprint density at radius 3 is 2.31 bits per heavy atom. The number of hydrogen-bond donors (Lipinski definition) is 1. The van der Waals surface area contributed by atoms with Crippen LogP contribution in [-0.4, -0.2) is 36.3 Å². The molecule has 6 nitrogen and oxygen atoms in total. The minimum Gasteiger partial charge on any atom is -0.469 e. The van der Waals surface area contributed by atoms with Crippen LogP contribution in [0.4, 0.5) is 4.79 Å². The lowest BCUT2D eigenvalue weighted by Crippen LogP contribution is -2.42. The SMILES string of the molecule is COC(=O)CCCN(N)C(=O)OC(C)(C)C.